The Hall–Kier alpha value is -2.22. The summed E-state index contributed by atoms with van der Waals surface area (Å²) in [4.78, 5) is 13.2. The molecule has 0 radical (unpaired) electrons. The molecule has 1 aliphatic rings. The minimum Gasteiger partial charge on any atom is -0.397 e. The van der Waals surface area contributed by atoms with Gasteiger partial charge in [-0.1, -0.05) is 0 Å². The molecule has 0 aliphatic carbocycles. The van der Waals surface area contributed by atoms with Crippen LogP contribution < -0.4 is 16.4 Å². The van der Waals surface area contributed by atoms with Gasteiger partial charge >= 0.3 is 0 Å². The minimum absolute atomic E-state index is 0.314. The van der Waals surface area contributed by atoms with E-state index in [9.17, 15) is 4.79 Å². The summed E-state index contributed by atoms with van der Waals surface area (Å²) in [5, 5.41) is 8.87. The van der Waals surface area contributed by atoms with Crippen LogP contribution in [0.1, 0.15) is 18.4 Å². The summed E-state index contributed by atoms with van der Waals surface area (Å²) < 4.78 is 0. The monoisotopic (exact) mass is 230 g/mol. The molecule has 5 heteroatoms. The molecular weight excluding hydrogens is 216 g/mol. The van der Waals surface area contributed by atoms with E-state index in [1.165, 1.54) is 0 Å². The smallest absolute Gasteiger partial charge is 0.240 e. The van der Waals surface area contributed by atoms with Gasteiger partial charge in [-0.25, -0.2) is 0 Å². The molecule has 1 aromatic carbocycles. The maximum absolute atomic E-state index is 11.3. The molecule has 1 unspecified atom stereocenters. The second kappa shape index (κ2) is 4.34. The highest BCUT2D eigenvalue weighted by Crippen LogP contribution is 2.31. The molecule has 0 aromatic heterocycles. The first-order chi connectivity index (χ1) is 8.13. The predicted octanol–water partition coefficient (Wildman–Crippen LogP) is 0.595. The van der Waals surface area contributed by atoms with Crippen molar-refractivity contribution in [2.24, 2.45) is 5.73 Å². The summed E-state index contributed by atoms with van der Waals surface area (Å²) in [5.74, 6) is -0.343. The Morgan fingerprint density at radius 3 is 2.94 bits per heavy atom. The molecule has 0 saturated carbocycles. The van der Waals surface area contributed by atoms with E-state index in [0.29, 0.717) is 11.3 Å². The van der Waals surface area contributed by atoms with Gasteiger partial charge in [0, 0.05) is 6.54 Å². The summed E-state index contributed by atoms with van der Waals surface area (Å²) in [6.07, 6.45) is 1.65. The van der Waals surface area contributed by atoms with Crippen LogP contribution in [0, 0.1) is 11.3 Å². The lowest BCUT2D eigenvalue weighted by Crippen LogP contribution is -2.40. The summed E-state index contributed by atoms with van der Waals surface area (Å²) in [5.41, 5.74) is 13.1. The van der Waals surface area contributed by atoms with Crippen LogP contribution in [0.4, 0.5) is 11.4 Å². The van der Waals surface area contributed by atoms with Crippen molar-refractivity contribution in [2.75, 3.05) is 17.2 Å². The van der Waals surface area contributed by atoms with Crippen LogP contribution in [-0.2, 0) is 4.79 Å². The van der Waals surface area contributed by atoms with Crippen molar-refractivity contribution in [1.82, 2.24) is 0 Å². The molecule has 1 aliphatic heterocycles. The van der Waals surface area contributed by atoms with E-state index >= 15 is 0 Å². The van der Waals surface area contributed by atoms with Gasteiger partial charge in [0.05, 0.1) is 23.0 Å². The average Bonchev–Trinajstić information content (AvgIpc) is 2.78. The third-order valence-corrected chi connectivity index (χ3v) is 3.05. The normalized spacial score (nSPS) is 19.0. The molecular formula is C12H14N4O. The molecule has 88 valence electrons. The zero-order valence-electron chi connectivity index (χ0n) is 9.39. The second-order valence-corrected chi connectivity index (χ2v) is 4.14. The molecule has 1 fully saturated rings. The van der Waals surface area contributed by atoms with E-state index in [1.54, 1.807) is 18.2 Å². The largest absolute Gasteiger partial charge is 0.397 e. The quantitative estimate of drug-likeness (QED) is 0.727. The molecule has 0 spiro atoms. The number of nitrogen functional groups attached to an aromatic ring is 1. The summed E-state index contributed by atoms with van der Waals surface area (Å²) in [6.45, 7) is 0.743. The molecule has 1 amide bonds. The molecule has 5 nitrogen and oxygen atoms in total. The topological polar surface area (TPSA) is 96.1 Å². The fourth-order valence-corrected chi connectivity index (χ4v) is 2.21. The Balaban J connectivity index is 2.39. The molecule has 2 rings (SSSR count). The Kier molecular flexibility index (Phi) is 2.88. The van der Waals surface area contributed by atoms with E-state index < -0.39 is 0 Å². The van der Waals surface area contributed by atoms with Gasteiger partial charge in [0.25, 0.3) is 0 Å². The highest BCUT2D eigenvalue weighted by atomic mass is 16.1. The molecule has 1 aromatic rings. The van der Waals surface area contributed by atoms with Crippen molar-refractivity contribution >= 4 is 17.3 Å². The first-order valence-corrected chi connectivity index (χ1v) is 5.49. The predicted molar refractivity (Wildman–Crippen MR) is 65.1 cm³/mol. The third kappa shape index (κ3) is 2.02. The number of rotatable bonds is 2. The van der Waals surface area contributed by atoms with Crippen LogP contribution in [0.15, 0.2) is 18.2 Å². The van der Waals surface area contributed by atoms with Crippen LogP contribution >= 0.6 is 0 Å². The van der Waals surface area contributed by atoms with Crippen molar-refractivity contribution in [3.05, 3.63) is 23.8 Å². The highest BCUT2D eigenvalue weighted by Gasteiger charge is 2.30. The number of benzene rings is 1. The lowest BCUT2D eigenvalue weighted by Gasteiger charge is -2.25. The van der Waals surface area contributed by atoms with Gasteiger partial charge in [-0.15, -0.1) is 0 Å². The Morgan fingerprint density at radius 1 is 1.53 bits per heavy atom. The highest BCUT2D eigenvalue weighted by molar-refractivity contribution is 5.86. The maximum Gasteiger partial charge on any atom is 0.240 e. The van der Waals surface area contributed by atoms with E-state index in [1.807, 2.05) is 4.90 Å². The Bertz CT molecular complexity index is 492. The van der Waals surface area contributed by atoms with E-state index in [2.05, 4.69) is 6.07 Å². The fourth-order valence-electron chi connectivity index (χ4n) is 2.21. The van der Waals surface area contributed by atoms with E-state index in [-0.39, 0.29) is 11.9 Å². The Labute approximate surface area is 99.6 Å². The molecule has 1 heterocycles. The first kappa shape index (κ1) is 11.3. The van der Waals surface area contributed by atoms with Crippen molar-refractivity contribution in [1.29, 1.82) is 5.26 Å². The zero-order valence-corrected chi connectivity index (χ0v) is 9.39. The molecule has 17 heavy (non-hydrogen) atoms. The number of nitrogens with two attached hydrogens (primary N) is 2. The van der Waals surface area contributed by atoms with Crippen LogP contribution in [0.3, 0.4) is 0 Å². The molecule has 1 atom stereocenters. The van der Waals surface area contributed by atoms with Gasteiger partial charge in [0.15, 0.2) is 0 Å². The van der Waals surface area contributed by atoms with Gasteiger partial charge in [-0.3, -0.25) is 4.79 Å². The van der Waals surface area contributed by atoms with E-state index in [0.717, 1.165) is 25.1 Å². The molecule has 1 saturated heterocycles. The van der Waals surface area contributed by atoms with Crippen LogP contribution in [0.25, 0.3) is 0 Å². The third-order valence-electron chi connectivity index (χ3n) is 3.05. The number of anilines is 2. The fraction of sp³-hybridized carbons (Fsp3) is 0.333. The van der Waals surface area contributed by atoms with Gasteiger partial charge in [0.1, 0.15) is 6.04 Å². The summed E-state index contributed by atoms with van der Waals surface area (Å²) in [7, 11) is 0. The maximum atomic E-state index is 11.3. The number of hydrogen-bond acceptors (Lipinski definition) is 4. The van der Waals surface area contributed by atoms with Crippen LogP contribution in [0.2, 0.25) is 0 Å². The van der Waals surface area contributed by atoms with Crippen molar-refractivity contribution in [2.45, 2.75) is 18.9 Å². The first-order valence-electron chi connectivity index (χ1n) is 5.49. The summed E-state index contributed by atoms with van der Waals surface area (Å²) >= 11 is 0. The summed E-state index contributed by atoms with van der Waals surface area (Å²) in [6, 6.07) is 6.80. The molecule has 0 bridgehead atoms. The van der Waals surface area contributed by atoms with Crippen molar-refractivity contribution < 1.29 is 4.79 Å². The number of nitriles is 1. The second-order valence-electron chi connectivity index (χ2n) is 4.14. The minimum atomic E-state index is -0.343. The average molecular weight is 230 g/mol. The lowest BCUT2D eigenvalue weighted by atomic mass is 10.1. The van der Waals surface area contributed by atoms with Gasteiger partial charge in [0.2, 0.25) is 5.91 Å². The number of amides is 1. The number of carbonyl (C=O) groups excluding carboxylic acids is 1. The number of nitrogens with zero attached hydrogens (tertiary/aromatic N) is 2. The Morgan fingerprint density at radius 2 is 2.29 bits per heavy atom. The van der Waals surface area contributed by atoms with Gasteiger partial charge in [-0.05, 0) is 31.0 Å². The van der Waals surface area contributed by atoms with E-state index in [4.69, 9.17) is 16.7 Å². The van der Waals surface area contributed by atoms with Crippen molar-refractivity contribution in [3.63, 3.8) is 0 Å². The van der Waals surface area contributed by atoms with Gasteiger partial charge < -0.3 is 16.4 Å². The van der Waals surface area contributed by atoms with Crippen LogP contribution in [0.5, 0.6) is 0 Å². The number of carbonyl (C=O) groups is 1. The zero-order chi connectivity index (χ0) is 12.4. The number of hydrogen-bond donors (Lipinski definition) is 2. The standard InChI is InChI=1S/C12H14N4O/c13-7-8-3-4-9(14)11(6-8)16-5-1-2-10(16)12(15)17/h3-4,6,10H,1-2,5,14H2,(H2,15,17). The number of primary amides is 1. The van der Waals surface area contributed by atoms with Crippen molar-refractivity contribution in [3.8, 4) is 6.07 Å². The SMILES string of the molecule is N#Cc1ccc(N)c(N2CCCC2C(N)=O)c1. The van der Waals surface area contributed by atoms with Gasteiger partial charge in [-0.2, -0.15) is 5.26 Å². The lowest BCUT2D eigenvalue weighted by molar-refractivity contribution is -0.119. The van der Waals surface area contributed by atoms with Crippen LogP contribution in [-0.4, -0.2) is 18.5 Å². The molecule has 4 N–H and O–H groups in total.